The lowest BCUT2D eigenvalue weighted by molar-refractivity contribution is 0.411. The van der Waals surface area contributed by atoms with Gasteiger partial charge in [0.1, 0.15) is 11.2 Å². The maximum Gasteiger partial charge on any atom is 0.159 e. The number of hydrogen-bond donors (Lipinski definition) is 0. The predicted molar refractivity (Wildman–Crippen MR) is 294 cm³/mol. The van der Waals surface area contributed by atoms with Crippen molar-refractivity contribution in [2.75, 3.05) is 9.80 Å². The van der Waals surface area contributed by atoms with E-state index in [1.54, 1.807) is 0 Å². The van der Waals surface area contributed by atoms with Gasteiger partial charge in [-0.2, -0.15) is 0 Å². The van der Waals surface area contributed by atoms with Crippen LogP contribution in [-0.2, 0) is 12.8 Å². The Bertz CT molecular complexity index is 3890. The molecule has 0 aliphatic rings. The fourth-order valence-electron chi connectivity index (χ4n) is 11.1. The number of benzene rings is 10. The van der Waals surface area contributed by atoms with Crippen LogP contribution in [0.15, 0.2) is 185 Å². The monoisotopic (exact) mass is 898 g/mol. The standard InChI is InChI=1S/C65H58N2O2/c1-40(2)53-37-57(67(45-31-25-42(26-32-45)39-65(6,7)8)56-20-14-18-50-47-16-10-12-22-59(47)69-63(50)56)52-33-27-43-28-36-54(51-35-34-48(53)61(52)60(43)51)66(44-29-23-41(24-30-44)38-64(3,4)5)55-19-13-17-49-46-15-9-11-21-58(46)68-62(49)55/h9-37,40H,38-39H2,1-8H3. The van der Waals surface area contributed by atoms with Crippen molar-refractivity contribution < 1.29 is 8.83 Å². The Morgan fingerprint density at radius 3 is 1.36 bits per heavy atom. The maximum absolute atomic E-state index is 6.85. The van der Waals surface area contributed by atoms with E-state index in [1.807, 2.05) is 0 Å². The summed E-state index contributed by atoms with van der Waals surface area (Å²) in [4.78, 5) is 4.88. The SMILES string of the molecule is CC(C)c1cc(N(c2ccc(CC(C)(C)C)cc2)c2cccc3c2oc2ccccc23)c2ccc3ccc(N(c4ccc(CC(C)(C)C)cc4)c4cccc5c4oc4ccccc45)c4ccc1c2c34. The Kier molecular flexibility index (Phi) is 9.93. The molecule has 12 rings (SSSR count). The largest absolute Gasteiger partial charge is 0.454 e. The molecule has 0 fully saturated rings. The Labute approximate surface area is 404 Å². The zero-order valence-corrected chi connectivity index (χ0v) is 40.9. The molecule has 10 aromatic carbocycles. The number of para-hydroxylation sites is 4. The Balaban J connectivity index is 1.14. The van der Waals surface area contributed by atoms with Crippen molar-refractivity contribution in [3.05, 3.63) is 193 Å². The van der Waals surface area contributed by atoms with E-state index in [1.165, 1.54) is 49.0 Å². The van der Waals surface area contributed by atoms with Gasteiger partial charge in [0.2, 0.25) is 0 Å². The molecule has 0 atom stereocenters. The molecular weight excluding hydrogens is 841 g/mol. The van der Waals surface area contributed by atoms with Gasteiger partial charge in [-0.15, -0.1) is 0 Å². The summed E-state index contributed by atoms with van der Waals surface area (Å²) < 4.78 is 13.7. The third-order valence-corrected chi connectivity index (χ3v) is 14.0. The highest BCUT2D eigenvalue weighted by Crippen LogP contribution is 2.52. The molecule has 0 aliphatic heterocycles. The quantitative estimate of drug-likeness (QED) is 0.135. The van der Waals surface area contributed by atoms with Crippen LogP contribution in [0.4, 0.5) is 34.1 Å². The second-order valence-electron chi connectivity index (χ2n) is 22.0. The van der Waals surface area contributed by atoms with Crippen LogP contribution in [0.2, 0.25) is 0 Å². The summed E-state index contributed by atoms with van der Waals surface area (Å²) in [5.41, 5.74) is 14.2. The summed E-state index contributed by atoms with van der Waals surface area (Å²) >= 11 is 0. The van der Waals surface area contributed by atoms with Gasteiger partial charge in [0, 0.05) is 43.7 Å². The van der Waals surface area contributed by atoms with E-state index in [4.69, 9.17) is 8.83 Å². The summed E-state index contributed by atoms with van der Waals surface area (Å²) in [5.74, 6) is 0.250. The van der Waals surface area contributed by atoms with Gasteiger partial charge in [0.25, 0.3) is 0 Å². The van der Waals surface area contributed by atoms with Crippen molar-refractivity contribution in [1.82, 2.24) is 0 Å². The van der Waals surface area contributed by atoms with Gasteiger partial charge in [0.05, 0.1) is 22.7 Å². The Hall–Kier alpha value is -7.56. The molecule has 0 saturated carbocycles. The van der Waals surface area contributed by atoms with Gasteiger partial charge in [-0.1, -0.05) is 171 Å². The molecule has 0 amide bonds. The van der Waals surface area contributed by atoms with Crippen LogP contribution >= 0.6 is 0 Å². The van der Waals surface area contributed by atoms with E-state index in [0.29, 0.717) is 0 Å². The lowest BCUT2D eigenvalue weighted by Crippen LogP contribution is -2.13. The highest BCUT2D eigenvalue weighted by molar-refractivity contribution is 6.29. The summed E-state index contributed by atoms with van der Waals surface area (Å²) in [6.45, 7) is 18.5. The minimum Gasteiger partial charge on any atom is -0.454 e. The molecule has 0 unspecified atom stereocenters. The van der Waals surface area contributed by atoms with Gasteiger partial charge >= 0.3 is 0 Å². The van der Waals surface area contributed by atoms with Crippen molar-refractivity contribution in [2.45, 2.75) is 74.1 Å². The number of furan rings is 2. The fraction of sp³-hybridized carbons (Fsp3) is 0.200. The van der Waals surface area contributed by atoms with Gasteiger partial charge in [-0.05, 0) is 128 Å². The lowest BCUT2D eigenvalue weighted by Gasteiger charge is -2.31. The van der Waals surface area contributed by atoms with Gasteiger partial charge in [-0.25, -0.2) is 0 Å². The molecule has 0 aliphatic carbocycles. The minimum absolute atomic E-state index is 0.169. The van der Waals surface area contributed by atoms with Crippen LogP contribution in [0, 0.1) is 10.8 Å². The third kappa shape index (κ3) is 7.36. The molecule has 340 valence electrons. The number of rotatable bonds is 9. The van der Waals surface area contributed by atoms with Crippen LogP contribution in [0.3, 0.4) is 0 Å². The molecule has 4 heteroatoms. The van der Waals surface area contributed by atoms with Crippen LogP contribution in [0.25, 0.3) is 76.2 Å². The summed E-state index contributed by atoms with van der Waals surface area (Å²) in [5, 5.41) is 11.8. The first-order chi connectivity index (χ1) is 33.3. The molecule has 0 bridgehead atoms. The van der Waals surface area contributed by atoms with E-state index >= 15 is 0 Å². The second-order valence-corrected chi connectivity index (χ2v) is 22.0. The van der Waals surface area contributed by atoms with Crippen LogP contribution < -0.4 is 9.80 Å². The summed E-state index contributed by atoms with van der Waals surface area (Å²) in [7, 11) is 0. The van der Waals surface area contributed by atoms with E-state index in [0.717, 1.165) is 90.8 Å². The molecule has 69 heavy (non-hydrogen) atoms. The third-order valence-electron chi connectivity index (χ3n) is 14.0. The van der Waals surface area contributed by atoms with E-state index in [2.05, 4.69) is 241 Å². The zero-order chi connectivity index (χ0) is 47.3. The summed E-state index contributed by atoms with van der Waals surface area (Å²) in [6, 6.07) is 64.8. The minimum atomic E-state index is 0.169. The lowest BCUT2D eigenvalue weighted by atomic mass is 9.86. The number of nitrogens with zero attached hydrogens (tertiary/aromatic N) is 2. The predicted octanol–water partition coefficient (Wildman–Crippen LogP) is 19.6. The zero-order valence-electron chi connectivity index (χ0n) is 40.9. The normalized spacial score (nSPS) is 12.6. The summed E-state index contributed by atoms with van der Waals surface area (Å²) in [6.07, 6.45) is 1.99. The first-order valence-electron chi connectivity index (χ1n) is 24.6. The average Bonchev–Trinajstić information content (AvgIpc) is 3.91. The van der Waals surface area contributed by atoms with Crippen molar-refractivity contribution in [2.24, 2.45) is 10.8 Å². The molecular formula is C65H58N2O2. The fourth-order valence-corrected chi connectivity index (χ4v) is 11.1. The second kappa shape index (κ2) is 16.0. The van der Waals surface area contributed by atoms with Gasteiger partial charge < -0.3 is 18.6 Å². The molecule has 0 N–H and O–H groups in total. The van der Waals surface area contributed by atoms with Gasteiger partial charge in [-0.3, -0.25) is 0 Å². The van der Waals surface area contributed by atoms with Gasteiger partial charge in [0.15, 0.2) is 11.2 Å². The van der Waals surface area contributed by atoms with Crippen molar-refractivity contribution in [1.29, 1.82) is 0 Å². The van der Waals surface area contributed by atoms with E-state index in [9.17, 15) is 0 Å². The number of hydrogen-bond acceptors (Lipinski definition) is 4. The van der Waals surface area contributed by atoms with Crippen LogP contribution in [-0.4, -0.2) is 0 Å². The van der Waals surface area contributed by atoms with Crippen molar-refractivity contribution in [3.8, 4) is 0 Å². The van der Waals surface area contributed by atoms with E-state index in [-0.39, 0.29) is 16.7 Å². The molecule has 0 radical (unpaired) electrons. The van der Waals surface area contributed by atoms with Crippen LogP contribution in [0.5, 0.6) is 0 Å². The highest BCUT2D eigenvalue weighted by Gasteiger charge is 2.27. The molecule has 12 aromatic rings. The first kappa shape index (κ1) is 42.8. The molecule has 0 saturated heterocycles. The van der Waals surface area contributed by atoms with Crippen molar-refractivity contribution in [3.63, 3.8) is 0 Å². The topological polar surface area (TPSA) is 32.8 Å². The Morgan fingerprint density at radius 1 is 0.391 bits per heavy atom. The molecule has 2 aromatic heterocycles. The maximum atomic E-state index is 6.85. The number of fused-ring (bicyclic) bond motifs is 6. The van der Waals surface area contributed by atoms with Crippen molar-refractivity contribution >= 4 is 110 Å². The van der Waals surface area contributed by atoms with E-state index < -0.39 is 0 Å². The first-order valence-corrected chi connectivity index (χ1v) is 24.6. The van der Waals surface area contributed by atoms with Crippen LogP contribution in [0.1, 0.15) is 78.0 Å². The smallest absolute Gasteiger partial charge is 0.159 e. The molecule has 2 heterocycles. The number of anilines is 6. The molecule has 4 nitrogen and oxygen atoms in total. The molecule has 0 spiro atoms. The highest BCUT2D eigenvalue weighted by atomic mass is 16.3. The average molecular weight is 899 g/mol. The Morgan fingerprint density at radius 2 is 0.841 bits per heavy atom.